The summed E-state index contributed by atoms with van der Waals surface area (Å²) in [5.74, 6) is -0.949. The molecule has 6 heteroatoms. The van der Waals surface area contributed by atoms with E-state index in [-0.39, 0.29) is 17.4 Å². The van der Waals surface area contributed by atoms with Crippen molar-refractivity contribution in [3.63, 3.8) is 0 Å². The number of hydrogen-bond acceptors (Lipinski definition) is 4. The van der Waals surface area contributed by atoms with E-state index in [0.29, 0.717) is 5.69 Å². The standard InChI is InChI=1S/C14H19N3O3/c1-7(2)14(4)13(20)16-11(17-14)10-8(3)5-9(6-15-10)12(18)19/h5-7,11,17H,1-4H3,(H,16,20)(H,18,19). The smallest absolute Gasteiger partial charge is 0.337 e. The Kier molecular flexibility index (Phi) is 3.52. The third kappa shape index (κ3) is 2.27. The van der Waals surface area contributed by atoms with Gasteiger partial charge < -0.3 is 10.4 Å². The van der Waals surface area contributed by atoms with E-state index in [9.17, 15) is 9.59 Å². The maximum atomic E-state index is 12.1. The lowest BCUT2D eigenvalue weighted by Gasteiger charge is -2.26. The Labute approximate surface area is 117 Å². The number of carboxylic acid groups (broad SMARTS) is 1. The molecule has 1 aliphatic heterocycles. The zero-order valence-electron chi connectivity index (χ0n) is 12.0. The van der Waals surface area contributed by atoms with Gasteiger partial charge in [0.15, 0.2) is 0 Å². The first-order valence-electron chi connectivity index (χ1n) is 6.54. The van der Waals surface area contributed by atoms with Crippen molar-refractivity contribution in [1.82, 2.24) is 15.6 Å². The second-order valence-electron chi connectivity index (χ2n) is 5.64. The number of amides is 1. The molecule has 0 aliphatic carbocycles. The molecular formula is C14H19N3O3. The van der Waals surface area contributed by atoms with Gasteiger partial charge in [0.1, 0.15) is 6.17 Å². The van der Waals surface area contributed by atoms with E-state index in [2.05, 4.69) is 15.6 Å². The lowest BCUT2D eigenvalue weighted by atomic mass is 9.89. The van der Waals surface area contributed by atoms with Crippen LogP contribution in [-0.2, 0) is 4.79 Å². The van der Waals surface area contributed by atoms with Crippen LogP contribution in [0, 0.1) is 12.8 Å². The molecule has 2 heterocycles. The molecular weight excluding hydrogens is 258 g/mol. The van der Waals surface area contributed by atoms with E-state index in [0.717, 1.165) is 5.56 Å². The number of nitrogens with one attached hydrogen (secondary N) is 2. The molecule has 108 valence electrons. The minimum Gasteiger partial charge on any atom is -0.478 e. The fourth-order valence-corrected chi connectivity index (χ4v) is 2.25. The molecule has 3 N–H and O–H groups in total. The Hall–Kier alpha value is -1.95. The normalized spacial score (nSPS) is 25.9. The number of pyridine rings is 1. The first kappa shape index (κ1) is 14.5. The van der Waals surface area contributed by atoms with Crippen LogP contribution in [0.4, 0.5) is 0 Å². The van der Waals surface area contributed by atoms with E-state index in [1.54, 1.807) is 13.0 Å². The van der Waals surface area contributed by atoms with Gasteiger partial charge in [-0.1, -0.05) is 13.8 Å². The van der Waals surface area contributed by atoms with Crippen molar-refractivity contribution in [2.45, 2.75) is 39.4 Å². The number of aromatic carboxylic acids is 1. The van der Waals surface area contributed by atoms with E-state index in [1.807, 2.05) is 20.8 Å². The van der Waals surface area contributed by atoms with Gasteiger partial charge in [0.25, 0.3) is 0 Å². The molecule has 0 spiro atoms. The molecule has 0 radical (unpaired) electrons. The number of nitrogens with zero attached hydrogens (tertiary/aromatic N) is 1. The number of rotatable bonds is 3. The van der Waals surface area contributed by atoms with Crippen LogP contribution < -0.4 is 10.6 Å². The zero-order chi connectivity index (χ0) is 15.1. The van der Waals surface area contributed by atoms with Crippen LogP contribution in [-0.4, -0.2) is 27.5 Å². The summed E-state index contributed by atoms with van der Waals surface area (Å²) >= 11 is 0. The van der Waals surface area contributed by atoms with Crippen molar-refractivity contribution in [3.8, 4) is 0 Å². The first-order valence-corrected chi connectivity index (χ1v) is 6.54. The monoisotopic (exact) mass is 277 g/mol. The SMILES string of the molecule is Cc1cc(C(=O)O)cnc1C1NC(=O)C(C)(C(C)C)N1. The summed E-state index contributed by atoms with van der Waals surface area (Å²) in [6.07, 6.45) is 0.918. The maximum absolute atomic E-state index is 12.1. The molecule has 20 heavy (non-hydrogen) atoms. The van der Waals surface area contributed by atoms with Crippen LogP contribution in [0.5, 0.6) is 0 Å². The Balaban J connectivity index is 2.31. The summed E-state index contributed by atoms with van der Waals surface area (Å²) in [4.78, 5) is 27.2. The molecule has 2 atom stereocenters. The summed E-state index contributed by atoms with van der Waals surface area (Å²) in [6.45, 7) is 7.59. The Morgan fingerprint density at radius 2 is 2.15 bits per heavy atom. The van der Waals surface area contributed by atoms with Gasteiger partial charge in [0, 0.05) is 6.20 Å². The van der Waals surface area contributed by atoms with Crippen molar-refractivity contribution in [2.24, 2.45) is 5.92 Å². The molecule has 1 saturated heterocycles. The number of carbonyl (C=O) groups is 2. The van der Waals surface area contributed by atoms with Gasteiger partial charge in [0.2, 0.25) is 5.91 Å². The highest BCUT2D eigenvalue weighted by molar-refractivity contribution is 5.89. The van der Waals surface area contributed by atoms with Crippen LogP contribution in [0.25, 0.3) is 0 Å². The predicted molar refractivity (Wildman–Crippen MR) is 73.2 cm³/mol. The van der Waals surface area contributed by atoms with Gasteiger partial charge in [-0.25, -0.2) is 4.79 Å². The highest BCUT2D eigenvalue weighted by atomic mass is 16.4. The van der Waals surface area contributed by atoms with Crippen LogP contribution >= 0.6 is 0 Å². The Morgan fingerprint density at radius 1 is 1.50 bits per heavy atom. The van der Waals surface area contributed by atoms with Crippen LogP contribution in [0.2, 0.25) is 0 Å². The van der Waals surface area contributed by atoms with Crippen LogP contribution in [0.15, 0.2) is 12.3 Å². The minimum absolute atomic E-state index is 0.0685. The van der Waals surface area contributed by atoms with Crippen molar-refractivity contribution in [3.05, 3.63) is 29.1 Å². The lowest BCUT2D eigenvalue weighted by molar-refractivity contribution is -0.125. The van der Waals surface area contributed by atoms with E-state index >= 15 is 0 Å². The first-order chi connectivity index (χ1) is 9.25. The van der Waals surface area contributed by atoms with E-state index in [1.165, 1.54) is 6.20 Å². The summed E-state index contributed by atoms with van der Waals surface area (Å²) in [5, 5.41) is 15.1. The highest BCUT2D eigenvalue weighted by Gasteiger charge is 2.45. The molecule has 1 aromatic rings. The summed E-state index contributed by atoms with van der Waals surface area (Å²) in [5.41, 5.74) is 0.871. The number of carboxylic acids is 1. The van der Waals surface area contributed by atoms with Crippen molar-refractivity contribution >= 4 is 11.9 Å². The van der Waals surface area contributed by atoms with Crippen molar-refractivity contribution < 1.29 is 14.7 Å². The molecule has 0 aromatic carbocycles. The quantitative estimate of drug-likeness (QED) is 0.772. The fraction of sp³-hybridized carbons (Fsp3) is 0.500. The van der Waals surface area contributed by atoms with Gasteiger partial charge in [0.05, 0.1) is 16.8 Å². The summed E-state index contributed by atoms with van der Waals surface area (Å²) in [6, 6.07) is 1.56. The Morgan fingerprint density at radius 3 is 2.60 bits per heavy atom. The van der Waals surface area contributed by atoms with Gasteiger partial charge in [-0.2, -0.15) is 0 Å². The summed E-state index contributed by atoms with van der Waals surface area (Å²) in [7, 11) is 0. The van der Waals surface area contributed by atoms with Crippen LogP contribution in [0.1, 0.15) is 48.6 Å². The fourth-order valence-electron chi connectivity index (χ4n) is 2.25. The van der Waals surface area contributed by atoms with Crippen molar-refractivity contribution in [2.75, 3.05) is 0 Å². The number of aryl methyl sites for hydroxylation is 1. The summed E-state index contributed by atoms with van der Waals surface area (Å²) < 4.78 is 0. The third-order valence-electron chi connectivity index (χ3n) is 3.99. The van der Waals surface area contributed by atoms with Gasteiger partial charge in [-0.15, -0.1) is 0 Å². The zero-order valence-corrected chi connectivity index (χ0v) is 12.0. The topological polar surface area (TPSA) is 91.3 Å². The molecule has 0 saturated carbocycles. The largest absolute Gasteiger partial charge is 0.478 e. The predicted octanol–water partition coefficient (Wildman–Crippen LogP) is 1.22. The second-order valence-corrected chi connectivity index (χ2v) is 5.64. The molecule has 2 unspecified atom stereocenters. The number of hydrogen-bond donors (Lipinski definition) is 3. The van der Waals surface area contributed by atoms with E-state index in [4.69, 9.17) is 5.11 Å². The second kappa shape index (κ2) is 4.86. The molecule has 2 rings (SSSR count). The van der Waals surface area contributed by atoms with Gasteiger partial charge in [-0.3, -0.25) is 15.1 Å². The Bertz CT molecular complexity index is 571. The average Bonchev–Trinajstić information content (AvgIpc) is 2.66. The third-order valence-corrected chi connectivity index (χ3v) is 3.99. The van der Waals surface area contributed by atoms with E-state index < -0.39 is 17.7 Å². The molecule has 1 amide bonds. The van der Waals surface area contributed by atoms with Gasteiger partial charge >= 0.3 is 5.97 Å². The van der Waals surface area contributed by atoms with Gasteiger partial charge in [-0.05, 0) is 31.4 Å². The molecule has 1 aromatic heterocycles. The van der Waals surface area contributed by atoms with Crippen molar-refractivity contribution in [1.29, 1.82) is 0 Å². The molecule has 0 bridgehead atoms. The minimum atomic E-state index is -1.01. The molecule has 1 fully saturated rings. The highest BCUT2D eigenvalue weighted by Crippen LogP contribution is 2.28. The van der Waals surface area contributed by atoms with Crippen LogP contribution in [0.3, 0.4) is 0 Å². The number of aromatic nitrogens is 1. The molecule has 1 aliphatic rings. The number of carbonyl (C=O) groups excluding carboxylic acids is 1. The lowest BCUT2D eigenvalue weighted by Crippen LogP contribution is -2.48. The molecule has 6 nitrogen and oxygen atoms in total. The average molecular weight is 277 g/mol. The maximum Gasteiger partial charge on any atom is 0.337 e.